The summed E-state index contributed by atoms with van der Waals surface area (Å²) >= 11 is 6.54. The third-order valence-corrected chi connectivity index (χ3v) is 3.20. The molecule has 0 aliphatic carbocycles. The van der Waals surface area contributed by atoms with Gasteiger partial charge in [0.2, 0.25) is 0 Å². The van der Waals surface area contributed by atoms with Crippen LogP contribution in [0.15, 0.2) is 40.4 Å². The molecule has 2 aromatic rings. The molecule has 0 amide bonds. The topological polar surface area (TPSA) is 38.9 Å². The van der Waals surface area contributed by atoms with Crippen molar-refractivity contribution in [1.82, 2.24) is 4.98 Å². The molecular formula is C11H7ClF2N2S. The molecule has 0 saturated heterocycles. The Morgan fingerprint density at radius 3 is 2.35 bits per heavy atom. The molecule has 1 aromatic carbocycles. The highest BCUT2D eigenvalue weighted by Crippen LogP contribution is 2.32. The molecule has 2 N–H and O–H groups in total. The second-order valence-corrected chi connectivity index (χ2v) is 4.70. The Morgan fingerprint density at radius 1 is 1.18 bits per heavy atom. The van der Waals surface area contributed by atoms with Gasteiger partial charge >= 0.3 is 0 Å². The van der Waals surface area contributed by atoms with E-state index in [0.29, 0.717) is 10.0 Å². The molecule has 0 unspecified atom stereocenters. The van der Waals surface area contributed by atoms with Crippen molar-refractivity contribution in [2.24, 2.45) is 0 Å². The summed E-state index contributed by atoms with van der Waals surface area (Å²) in [5.41, 5.74) is 5.37. The fourth-order valence-electron chi connectivity index (χ4n) is 1.20. The molecule has 1 aromatic heterocycles. The molecule has 0 atom stereocenters. The highest BCUT2D eigenvalue weighted by atomic mass is 35.5. The summed E-state index contributed by atoms with van der Waals surface area (Å²) in [6.45, 7) is 0. The van der Waals surface area contributed by atoms with E-state index in [1.807, 2.05) is 0 Å². The van der Waals surface area contributed by atoms with Gasteiger partial charge in [0.1, 0.15) is 16.7 Å². The van der Waals surface area contributed by atoms with Crippen molar-refractivity contribution in [2.45, 2.75) is 9.92 Å². The quantitative estimate of drug-likeness (QED) is 0.847. The minimum absolute atomic E-state index is 0.0495. The van der Waals surface area contributed by atoms with Crippen LogP contribution in [-0.2, 0) is 0 Å². The highest BCUT2D eigenvalue weighted by Gasteiger charge is 2.12. The molecule has 6 heteroatoms. The van der Waals surface area contributed by atoms with Crippen LogP contribution in [0.4, 0.5) is 14.5 Å². The number of hydrogen-bond donors (Lipinski definition) is 1. The molecule has 17 heavy (non-hydrogen) atoms. The first kappa shape index (κ1) is 12.1. The summed E-state index contributed by atoms with van der Waals surface area (Å²) in [7, 11) is 0. The number of nitrogens with zero attached hydrogens (tertiary/aromatic N) is 1. The zero-order valence-corrected chi connectivity index (χ0v) is 10.0. The third-order valence-electron chi connectivity index (χ3n) is 1.93. The van der Waals surface area contributed by atoms with Crippen LogP contribution in [0.25, 0.3) is 0 Å². The average molecular weight is 273 g/mol. The Hall–Kier alpha value is -1.33. The summed E-state index contributed by atoms with van der Waals surface area (Å²) in [6, 6.07) is 5.33. The Labute approximate surface area is 106 Å². The van der Waals surface area contributed by atoms with Gasteiger partial charge in [0.05, 0.1) is 9.92 Å². The maximum Gasteiger partial charge on any atom is 0.142 e. The van der Waals surface area contributed by atoms with Gasteiger partial charge in [-0.05, 0) is 24.3 Å². The Morgan fingerprint density at radius 2 is 1.82 bits per heavy atom. The standard InChI is InChI=1S/C11H7ClF2N2S/c12-6-1-2-10(16-5-6)17-11-8(13)3-7(15)4-9(11)14/h1-5H,15H2. The minimum Gasteiger partial charge on any atom is -0.399 e. The van der Waals surface area contributed by atoms with Crippen molar-refractivity contribution < 1.29 is 8.78 Å². The van der Waals surface area contributed by atoms with Crippen LogP contribution in [0.1, 0.15) is 0 Å². The summed E-state index contributed by atoms with van der Waals surface area (Å²) in [6.07, 6.45) is 1.41. The first-order valence-corrected chi connectivity index (χ1v) is 5.79. The Kier molecular flexibility index (Phi) is 3.49. The van der Waals surface area contributed by atoms with Crippen LogP contribution in [0.3, 0.4) is 0 Å². The number of benzene rings is 1. The first-order valence-electron chi connectivity index (χ1n) is 4.60. The lowest BCUT2D eigenvalue weighted by Crippen LogP contribution is -1.93. The molecule has 0 aliphatic heterocycles. The summed E-state index contributed by atoms with van der Waals surface area (Å²) < 4.78 is 27.0. The summed E-state index contributed by atoms with van der Waals surface area (Å²) in [4.78, 5) is 3.81. The second-order valence-electron chi connectivity index (χ2n) is 3.23. The van der Waals surface area contributed by atoms with E-state index in [1.54, 1.807) is 12.1 Å². The van der Waals surface area contributed by atoms with E-state index in [1.165, 1.54) is 6.20 Å². The zero-order chi connectivity index (χ0) is 12.4. The molecule has 2 nitrogen and oxygen atoms in total. The largest absolute Gasteiger partial charge is 0.399 e. The molecule has 2 rings (SSSR count). The fraction of sp³-hybridized carbons (Fsp3) is 0. The monoisotopic (exact) mass is 272 g/mol. The number of rotatable bonds is 2. The van der Waals surface area contributed by atoms with Gasteiger partial charge in [0.15, 0.2) is 0 Å². The normalized spacial score (nSPS) is 10.5. The number of anilines is 1. The lowest BCUT2D eigenvalue weighted by Gasteiger charge is -2.05. The van der Waals surface area contributed by atoms with Gasteiger partial charge in [-0.3, -0.25) is 0 Å². The molecule has 0 saturated carbocycles. The van der Waals surface area contributed by atoms with E-state index >= 15 is 0 Å². The van der Waals surface area contributed by atoms with Crippen molar-refractivity contribution in [1.29, 1.82) is 0 Å². The Balaban J connectivity index is 2.33. The number of hydrogen-bond acceptors (Lipinski definition) is 3. The SMILES string of the molecule is Nc1cc(F)c(Sc2ccc(Cl)cn2)c(F)c1. The van der Waals surface area contributed by atoms with E-state index in [-0.39, 0.29) is 10.6 Å². The van der Waals surface area contributed by atoms with Gasteiger partial charge in [0, 0.05) is 11.9 Å². The van der Waals surface area contributed by atoms with Crippen molar-refractivity contribution in [3.05, 3.63) is 47.1 Å². The molecule has 0 spiro atoms. The van der Waals surface area contributed by atoms with E-state index in [4.69, 9.17) is 17.3 Å². The number of nitrogen functional groups attached to an aromatic ring is 1. The van der Waals surface area contributed by atoms with E-state index in [9.17, 15) is 8.78 Å². The zero-order valence-electron chi connectivity index (χ0n) is 8.45. The van der Waals surface area contributed by atoms with Crippen LogP contribution < -0.4 is 5.73 Å². The van der Waals surface area contributed by atoms with Gasteiger partial charge < -0.3 is 5.73 Å². The molecule has 0 radical (unpaired) electrons. The van der Waals surface area contributed by atoms with Crippen LogP contribution in [-0.4, -0.2) is 4.98 Å². The van der Waals surface area contributed by atoms with Crippen molar-refractivity contribution in [2.75, 3.05) is 5.73 Å². The number of halogens is 3. The number of aromatic nitrogens is 1. The lowest BCUT2D eigenvalue weighted by molar-refractivity contribution is 0.541. The van der Waals surface area contributed by atoms with E-state index < -0.39 is 11.6 Å². The fourth-order valence-corrected chi connectivity index (χ4v) is 2.08. The van der Waals surface area contributed by atoms with Crippen molar-refractivity contribution >= 4 is 29.1 Å². The molecule has 0 bridgehead atoms. The second kappa shape index (κ2) is 4.89. The van der Waals surface area contributed by atoms with Crippen LogP contribution in [0.2, 0.25) is 5.02 Å². The van der Waals surface area contributed by atoms with Crippen LogP contribution in [0, 0.1) is 11.6 Å². The maximum absolute atomic E-state index is 13.5. The Bertz CT molecular complexity index is 523. The third kappa shape index (κ3) is 2.87. The first-order chi connectivity index (χ1) is 8.06. The van der Waals surface area contributed by atoms with Gasteiger partial charge in [-0.1, -0.05) is 23.4 Å². The average Bonchev–Trinajstić information content (AvgIpc) is 2.26. The highest BCUT2D eigenvalue weighted by molar-refractivity contribution is 7.99. The van der Waals surface area contributed by atoms with Crippen LogP contribution in [0.5, 0.6) is 0 Å². The van der Waals surface area contributed by atoms with Gasteiger partial charge in [0.25, 0.3) is 0 Å². The molecule has 88 valence electrons. The molecule has 1 heterocycles. The smallest absolute Gasteiger partial charge is 0.142 e. The predicted molar refractivity (Wildman–Crippen MR) is 64.1 cm³/mol. The van der Waals surface area contributed by atoms with E-state index in [2.05, 4.69) is 4.98 Å². The van der Waals surface area contributed by atoms with E-state index in [0.717, 1.165) is 23.9 Å². The summed E-state index contributed by atoms with van der Waals surface area (Å²) in [5.74, 6) is -1.41. The molecule has 0 aliphatic rings. The molecule has 0 fully saturated rings. The number of nitrogens with two attached hydrogens (primary N) is 1. The van der Waals surface area contributed by atoms with Gasteiger partial charge in [-0.15, -0.1) is 0 Å². The molecular weight excluding hydrogens is 266 g/mol. The number of pyridine rings is 1. The summed E-state index contributed by atoms with van der Waals surface area (Å²) in [5, 5.41) is 0.921. The van der Waals surface area contributed by atoms with Crippen LogP contribution >= 0.6 is 23.4 Å². The lowest BCUT2D eigenvalue weighted by atomic mass is 10.3. The van der Waals surface area contributed by atoms with Crippen molar-refractivity contribution in [3.63, 3.8) is 0 Å². The van der Waals surface area contributed by atoms with Gasteiger partial charge in [-0.2, -0.15) is 0 Å². The minimum atomic E-state index is -0.704. The van der Waals surface area contributed by atoms with Crippen molar-refractivity contribution in [3.8, 4) is 0 Å². The maximum atomic E-state index is 13.5. The van der Waals surface area contributed by atoms with Gasteiger partial charge in [-0.25, -0.2) is 13.8 Å². The predicted octanol–water partition coefficient (Wildman–Crippen LogP) is 3.75.